The van der Waals surface area contributed by atoms with Crippen LogP contribution in [0.4, 0.5) is 5.95 Å². The van der Waals surface area contributed by atoms with E-state index in [2.05, 4.69) is 30.5 Å². The van der Waals surface area contributed by atoms with Gasteiger partial charge in [0.05, 0.1) is 29.7 Å². The lowest BCUT2D eigenvalue weighted by Gasteiger charge is -2.31. The van der Waals surface area contributed by atoms with E-state index in [0.717, 1.165) is 37.3 Å². The van der Waals surface area contributed by atoms with Gasteiger partial charge in [0.25, 0.3) is 6.47 Å². The lowest BCUT2D eigenvalue weighted by atomic mass is 10.1. The smallest absolute Gasteiger partial charge is 0.290 e. The molecule has 4 heterocycles. The molecule has 0 atom stereocenters. The van der Waals surface area contributed by atoms with Gasteiger partial charge in [0.15, 0.2) is 0 Å². The molecule has 0 radical (unpaired) electrons. The van der Waals surface area contributed by atoms with Crippen molar-refractivity contribution >= 4 is 35.6 Å². The molecule has 0 bridgehead atoms. The van der Waals surface area contributed by atoms with Crippen LogP contribution in [0.5, 0.6) is 0 Å². The monoisotopic (exact) mass is 445 g/mol. The lowest BCUT2D eigenvalue weighted by molar-refractivity contribution is -0.123. The van der Waals surface area contributed by atoms with Crippen LogP contribution in [0.1, 0.15) is 12.8 Å². The molecule has 0 aromatic carbocycles. The number of aromatic nitrogens is 4. The first-order valence-electron chi connectivity index (χ1n) is 9.78. The van der Waals surface area contributed by atoms with Crippen LogP contribution in [0.15, 0.2) is 36.8 Å². The SMILES string of the molecule is CNC(=O)CN1CCC(Nc2ncc(Cl)c(-c3cnc4ccccn34)n2)CC1.O=CO. The fourth-order valence-corrected chi connectivity index (χ4v) is 3.61. The number of likely N-dealkylation sites (N-methyl/N-ethyl adjacent to an activating group) is 1. The zero-order valence-corrected chi connectivity index (χ0v) is 17.8. The van der Waals surface area contributed by atoms with Gasteiger partial charge in [-0.15, -0.1) is 0 Å². The van der Waals surface area contributed by atoms with E-state index in [-0.39, 0.29) is 18.4 Å². The van der Waals surface area contributed by atoms with Crippen molar-refractivity contribution in [3.8, 4) is 11.4 Å². The van der Waals surface area contributed by atoms with Gasteiger partial charge in [0, 0.05) is 32.4 Å². The number of carbonyl (C=O) groups is 2. The molecule has 4 rings (SSSR count). The highest BCUT2D eigenvalue weighted by Gasteiger charge is 2.21. The summed E-state index contributed by atoms with van der Waals surface area (Å²) < 4.78 is 1.95. The third-order valence-electron chi connectivity index (χ3n) is 4.97. The molecular weight excluding hydrogens is 422 g/mol. The molecule has 3 aromatic heterocycles. The Balaban J connectivity index is 0.000000858. The summed E-state index contributed by atoms with van der Waals surface area (Å²) in [5, 5.41) is 13.4. The van der Waals surface area contributed by atoms with Gasteiger partial charge in [-0.3, -0.25) is 18.9 Å². The number of hydrogen-bond acceptors (Lipinski definition) is 7. The van der Waals surface area contributed by atoms with Gasteiger partial charge >= 0.3 is 0 Å². The van der Waals surface area contributed by atoms with Crippen LogP contribution >= 0.6 is 11.6 Å². The second-order valence-corrected chi connectivity index (χ2v) is 7.34. The number of nitrogens with one attached hydrogen (secondary N) is 2. The zero-order chi connectivity index (χ0) is 22.2. The number of amides is 1. The molecule has 164 valence electrons. The number of rotatable bonds is 5. The number of anilines is 1. The van der Waals surface area contributed by atoms with Crippen molar-refractivity contribution in [3.05, 3.63) is 41.8 Å². The fourth-order valence-electron chi connectivity index (χ4n) is 3.42. The first-order chi connectivity index (χ1) is 15.0. The Morgan fingerprint density at radius 2 is 2.03 bits per heavy atom. The van der Waals surface area contributed by atoms with E-state index in [0.29, 0.717) is 23.2 Å². The number of piperidine rings is 1. The molecule has 1 aliphatic heterocycles. The topological polar surface area (TPSA) is 125 Å². The third kappa shape index (κ3) is 5.68. The number of pyridine rings is 1. The van der Waals surface area contributed by atoms with Gasteiger partial charge in [-0.05, 0) is 25.0 Å². The maximum Gasteiger partial charge on any atom is 0.290 e. The quantitative estimate of drug-likeness (QED) is 0.507. The number of halogens is 1. The van der Waals surface area contributed by atoms with Crippen molar-refractivity contribution in [1.82, 2.24) is 29.6 Å². The summed E-state index contributed by atoms with van der Waals surface area (Å²) in [6, 6.07) is 6.08. The minimum Gasteiger partial charge on any atom is -0.483 e. The van der Waals surface area contributed by atoms with Gasteiger partial charge in [-0.2, -0.15) is 0 Å². The summed E-state index contributed by atoms with van der Waals surface area (Å²) in [6.45, 7) is 1.91. The molecule has 1 aliphatic rings. The minimum absolute atomic E-state index is 0.0464. The highest BCUT2D eigenvalue weighted by atomic mass is 35.5. The molecular formula is C20H24ClN7O3. The lowest BCUT2D eigenvalue weighted by Crippen LogP contribution is -2.43. The number of carboxylic acid groups (broad SMARTS) is 1. The van der Waals surface area contributed by atoms with Gasteiger partial charge < -0.3 is 15.7 Å². The number of carbonyl (C=O) groups excluding carboxylic acids is 1. The molecule has 31 heavy (non-hydrogen) atoms. The maximum absolute atomic E-state index is 11.5. The second-order valence-electron chi connectivity index (χ2n) is 6.94. The summed E-state index contributed by atoms with van der Waals surface area (Å²) in [4.78, 5) is 35.4. The van der Waals surface area contributed by atoms with Crippen LogP contribution in [0, 0.1) is 0 Å². The normalized spacial score (nSPS) is 14.5. The molecule has 3 N–H and O–H groups in total. The van der Waals surface area contributed by atoms with E-state index in [4.69, 9.17) is 21.5 Å². The summed E-state index contributed by atoms with van der Waals surface area (Å²) >= 11 is 6.37. The first-order valence-corrected chi connectivity index (χ1v) is 10.2. The highest BCUT2D eigenvalue weighted by Crippen LogP contribution is 2.27. The Morgan fingerprint density at radius 3 is 2.74 bits per heavy atom. The summed E-state index contributed by atoms with van der Waals surface area (Å²) in [6.07, 6.45) is 7.17. The van der Waals surface area contributed by atoms with Crippen molar-refractivity contribution in [3.63, 3.8) is 0 Å². The van der Waals surface area contributed by atoms with Gasteiger partial charge in [0.2, 0.25) is 11.9 Å². The van der Waals surface area contributed by atoms with Crippen LogP contribution in [0.2, 0.25) is 5.02 Å². The van der Waals surface area contributed by atoms with Crippen molar-refractivity contribution in [1.29, 1.82) is 0 Å². The molecule has 10 nitrogen and oxygen atoms in total. The van der Waals surface area contributed by atoms with Crippen LogP contribution in [-0.2, 0) is 9.59 Å². The average molecular weight is 446 g/mol. The minimum atomic E-state index is -0.250. The summed E-state index contributed by atoms with van der Waals surface area (Å²) in [5.41, 5.74) is 2.31. The summed E-state index contributed by atoms with van der Waals surface area (Å²) in [5.74, 6) is 0.597. The molecule has 1 fully saturated rings. The van der Waals surface area contributed by atoms with Crippen LogP contribution in [0.25, 0.3) is 17.0 Å². The molecule has 1 amide bonds. The number of nitrogens with zero attached hydrogens (tertiary/aromatic N) is 5. The van der Waals surface area contributed by atoms with Crippen molar-refractivity contribution in [2.45, 2.75) is 18.9 Å². The van der Waals surface area contributed by atoms with E-state index < -0.39 is 0 Å². The zero-order valence-electron chi connectivity index (χ0n) is 17.0. The van der Waals surface area contributed by atoms with E-state index in [9.17, 15) is 4.79 Å². The maximum atomic E-state index is 11.5. The molecule has 0 aliphatic carbocycles. The van der Waals surface area contributed by atoms with Crippen molar-refractivity contribution in [2.75, 3.05) is 32.0 Å². The van der Waals surface area contributed by atoms with Crippen molar-refractivity contribution < 1.29 is 14.7 Å². The molecule has 1 saturated heterocycles. The highest BCUT2D eigenvalue weighted by molar-refractivity contribution is 6.32. The Hall–Kier alpha value is -3.24. The van der Waals surface area contributed by atoms with Crippen LogP contribution < -0.4 is 10.6 Å². The Labute approximate surface area is 184 Å². The standard InChI is InChI=1S/C19H22ClN7O.CH2O2/c1-21-17(28)12-26-8-5-13(6-9-26)24-19-23-10-14(20)18(25-19)15-11-22-16-4-2-3-7-27(15)16;2-1-3/h2-4,7,10-11,13H,5-6,8-9,12H2,1H3,(H,21,28)(H,23,24,25);1H,(H,2,3). The number of imidazole rings is 1. The van der Waals surface area contributed by atoms with Gasteiger partial charge in [-0.25, -0.2) is 15.0 Å². The predicted molar refractivity (Wildman–Crippen MR) is 117 cm³/mol. The molecule has 0 spiro atoms. The van der Waals surface area contributed by atoms with E-state index in [1.54, 1.807) is 19.4 Å². The molecule has 3 aromatic rings. The van der Waals surface area contributed by atoms with E-state index in [1.165, 1.54) is 0 Å². The first kappa shape index (κ1) is 22.4. The predicted octanol–water partition coefficient (Wildman–Crippen LogP) is 1.77. The number of hydrogen-bond donors (Lipinski definition) is 3. The van der Waals surface area contributed by atoms with Crippen LogP contribution in [0.3, 0.4) is 0 Å². The second kappa shape index (κ2) is 10.7. The molecule has 0 saturated carbocycles. The Bertz CT molecular complexity index is 1030. The number of likely N-dealkylation sites (tertiary alicyclic amines) is 1. The molecule has 11 heteroatoms. The average Bonchev–Trinajstić information content (AvgIpc) is 3.21. The number of fused-ring (bicyclic) bond motifs is 1. The molecule has 0 unspecified atom stereocenters. The van der Waals surface area contributed by atoms with Crippen molar-refractivity contribution in [2.24, 2.45) is 0 Å². The largest absolute Gasteiger partial charge is 0.483 e. The van der Waals surface area contributed by atoms with Gasteiger partial charge in [0.1, 0.15) is 11.3 Å². The fraction of sp³-hybridized carbons (Fsp3) is 0.350. The van der Waals surface area contributed by atoms with Crippen LogP contribution in [-0.4, -0.2) is 74.5 Å². The van der Waals surface area contributed by atoms with E-state index >= 15 is 0 Å². The van der Waals surface area contributed by atoms with E-state index in [1.807, 2.05) is 28.8 Å². The Morgan fingerprint density at radius 1 is 1.29 bits per heavy atom. The Kier molecular flexibility index (Phi) is 7.74. The summed E-state index contributed by atoms with van der Waals surface area (Å²) in [7, 11) is 1.66. The van der Waals surface area contributed by atoms with Gasteiger partial charge in [-0.1, -0.05) is 17.7 Å². The third-order valence-corrected chi connectivity index (χ3v) is 5.25.